The number of hydrogen-bond donors (Lipinski definition) is 1. The van der Waals surface area contributed by atoms with Gasteiger partial charge >= 0.3 is 0 Å². The summed E-state index contributed by atoms with van der Waals surface area (Å²) in [6.45, 7) is 5.58. The van der Waals surface area contributed by atoms with Gasteiger partial charge in [-0.25, -0.2) is 4.89 Å². The van der Waals surface area contributed by atoms with Crippen LogP contribution in [0, 0.1) is 6.92 Å². The standard InChI is InChI=1S/C7H8.C3H8O2/c1-7-5-3-2-4-6-7;1-3(2)5-4/h2-6H,1H3;3-4H,1-2H3. The Morgan fingerprint density at radius 3 is 1.75 bits per heavy atom. The molecular weight excluding hydrogens is 152 g/mol. The van der Waals surface area contributed by atoms with E-state index in [0.29, 0.717) is 0 Å². The molecule has 0 atom stereocenters. The van der Waals surface area contributed by atoms with E-state index < -0.39 is 0 Å². The van der Waals surface area contributed by atoms with Crippen LogP contribution >= 0.6 is 0 Å². The second-order valence-electron chi connectivity index (χ2n) is 2.81. The zero-order chi connectivity index (χ0) is 9.40. The van der Waals surface area contributed by atoms with Crippen molar-refractivity contribution in [3.8, 4) is 0 Å². The van der Waals surface area contributed by atoms with Crippen LogP contribution in [0.25, 0.3) is 0 Å². The fourth-order valence-corrected chi connectivity index (χ4v) is 0.534. The average Bonchev–Trinajstić information content (AvgIpc) is 2.07. The van der Waals surface area contributed by atoms with Crippen LogP contribution in [-0.2, 0) is 4.89 Å². The Bertz CT molecular complexity index is 182. The molecule has 1 aromatic rings. The molecule has 0 aliphatic heterocycles. The van der Waals surface area contributed by atoms with Crippen molar-refractivity contribution in [1.29, 1.82) is 0 Å². The van der Waals surface area contributed by atoms with E-state index >= 15 is 0 Å². The highest BCUT2D eigenvalue weighted by atomic mass is 17.1. The summed E-state index contributed by atoms with van der Waals surface area (Å²) in [5.74, 6) is 0. The normalized spacial score (nSPS) is 9.08. The molecule has 68 valence electrons. The number of benzene rings is 1. The van der Waals surface area contributed by atoms with Crippen LogP contribution in [0.2, 0.25) is 0 Å². The highest BCUT2D eigenvalue weighted by molar-refractivity contribution is 5.11. The summed E-state index contributed by atoms with van der Waals surface area (Å²) >= 11 is 0. The van der Waals surface area contributed by atoms with Crippen molar-refractivity contribution in [1.82, 2.24) is 0 Å². The van der Waals surface area contributed by atoms with Crippen LogP contribution in [0.4, 0.5) is 0 Å². The summed E-state index contributed by atoms with van der Waals surface area (Å²) in [5, 5.41) is 7.64. The quantitative estimate of drug-likeness (QED) is 0.516. The molecule has 0 aliphatic rings. The lowest BCUT2D eigenvalue weighted by Gasteiger charge is -1.91. The van der Waals surface area contributed by atoms with Gasteiger partial charge in [-0.15, -0.1) is 0 Å². The molecule has 0 radical (unpaired) electrons. The highest BCUT2D eigenvalue weighted by Crippen LogP contribution is 1.92. The summed E-state index contributed by atoms with van der Waals surface area (Å²) in [4.78, 5) is 3.75. The predicted molar refractivity (Wildman–Crippen MR) is 50.0 cm³/mol. The Hall–Kier alpha value is -0.860. The third kappa shape index (κ3) is 7.25. The molecule has 0 bridgehead atoms. The lowest BCUT2D eigenvalue weighted by molar-refractivity contribution is -0.269. The first-order valence-corrected chi connectivity index (χ1v) is 3.98. The van der Waals surface area contributed by atoms with E-state index in [1.165, 1.54) is 5.56 Å². The zero-order valence-electron chi connectivity index (χ0n) is 7.82. The SMILES string of the molecule is CC(C)OO.Cc1ccccc1. The first kappa shape index (κ1) is 11.1. The van der Waals surface area contributed by atoms with Crippen molar-refractivity contribution >= 4 is 0 Å². The zero-order valence-corrected chi connectivity index (χ0v) is 7.82. The molecule has 0 aliphatic carbocycles. The fraction of sp³-hybridized carbons (Fsp3) is 0.400. The van der Waals surface area contributed by atoms with E-state index in [2.05, 4.69) is 23.9 Å². The summed E-state index contributed by atoms with van der Waals surface area (Å²) < 4.78 is 0. The molecule has 12 heavy (non-hydrogen) atoms. The van der Waals surface area contributed by atoms with Crippen LogP contribution in [0.15, 0.2) is 30.3 Å². The summed E-state index contributed by atoms with van der Waals surface area (Å²) in [6.07, 6.45) is -0.0602. The van der Waals surface area contributed by atoms with Gasteiger partial charge in [-0.05, 0) is 20.8 Å². The minimum absolute atomic E-state index is 0.0602. The minimum Gasteiger partial charge on any atom is -0.252 e. The molecule has 0 heterocycles. The maximum Gasteiger partial charge on any atom is 0.0871 e. The average molecular weight is 168 g/mol. The van der Waals surface area contributed by atoms with Crippen molar-refractivity contribution in [2.24, 2.45) is 0 Å². The lowest BCUT2D eigenvalue weighted by atomic mass is 10.2. The van der Waals surface area contributed by atoms with E-state index in [1.54, 1.807) is 13.8 Å². The van der Waals surface area contributed by atoms with Gasteiger partial charge in [-0.1, -0.05) is 35.9 Å². The topological polar surface area (TPSA) is 29.5 Å². The molecule has 2 nitrogen and oxygen atoms in total. The van der Waals surface area contributed by atoms with E-state index in [0.717, 1.165) is 0 Å². The number of rotatable bonds is 1. The lowest BCUT2D eigenvalue weighted by Crippen LogP contribution is -1.95. The Balaban J connectivity index is 0.000000217. The van der Waals surface area contributed by atoms with Crippen LogP contribution < -0.4 is 0 Å². The van der Waals surface area contributed by atoms with Gasteiger partial charge in [0.1, 0.15) is 0 Å². The largest absolute Gasteiger partial charge is 0.252 e. The molecular formula is C10H16O2. The van der Waals surface area contributed by atoms with E-state index in [-0.39, 0.29) is 6.10 Å². The van der Waals surface area contributed by atoms with Crippen LogP contribution in [0.5, 0.6) is 0 Å². The minimum atomic E-state index is -0.0602. The highest BCUT2D eigenvalue weighted by Gasteiger charge is 1.81. The van der Waals surface area contributed by atoms with Crippen LogP contribution in [0.3, 0.4) is 0 Å². The second-order valence-corrected chi connectivity index (χ2v) is 2.81. The van der Waals surface area contributed by atoms with E-state index in [4.69, 9.17) is 5.26 Å². The smallest absolute Gasteiger partial charge is 0.0871 e. The molecule has 0 fully saturated rings. The Labute approximate surface area is 73.7 Å². The van der Waals surface area contributed by atoms with Gasteiger partial charge in [0.25, 0.3) is 0 Å². The molecule has 1 rings (SSSR count). The third-order valence-electron chi connectivity index (χ3n) is 1.15. The molecule has 1 aromatic carbocycles. The van der Waals surface area contributed by atoms with Crippen molar-refractivity contribution in [2.45, 2.75) is 26.9 Å². The van der Waals surface area contributed by atoms with Crippen molar-refractivity contribution in [3.63, 3.8) is 0 Å². The summed E-state index contributed by atoms with van der Waals surface area (Å²) in [5.41, 5.74) is 1.32. The van der Waals surface area contributed by atoms with Crippen molar-refractivity contribution in [3.05, 3.63) is 35.9 Å². The number of aryl methyl sites for hydroxylation is 1. The molecule has 0 spiro atoms. The van der Waals surface area contributed by atoms with Crippen molar-refractivity contribution in [2.75, 3.05) is 0 Å². The van der Waals surface area contributed by atoms with Crippen molar-refractivity contribution < 1.29 is 10.1 Å². The monoisotopic (exact) mass is 168 g/mol. The third-order valence-corrected chi connectivity index (χ3v) is 1.15. The molecule has 2 heteroatoms. The molecule has 1 N–H and O–H groups in total. The first-order valence-electron chi connectivity index (χ1n) is 3.98. The summed E-state index contributed by atoms with van der Waals surface area (Å²) in [7, 11) is 0. The summed E-state index contributed by atoms with van der Waals surface area (Å²) in [6, 6.07) is 10.3. The molecule has 0 aromatic heterocycles. The molecule has 0 saturated carbocycles. The van der Waals surface area contributed by atoms with Gasteiger partial charge in [0.15, 0.2) is 0 Å². The maximum atomic E-state index is 7.64. The Morgan fingerprint density at radius 2 is 1.58 bits per heavy atom. The molecule has 0 saturated heterocycles. The van der Waals surface area contributed by atoms with Gasteiger partial charge < -0.3 is 0 Å². The second kappa shape index (κ2) is 6.83. The van der Waals surface area contributed by atoms with E-state index in [9.17, 15) is 0 Å². The maximum absolute atomic E-state index is 7.64. The fourth-order valence-electron chi connectivity index (χ4n) is 0.534. The van der Waals surface area contributed by atoms with Crippen LogP contribution in [-0.4, -0.2) is 11.4 Å². The number of hydrogen-bond acceptors (Lipinski definition) is 2. The van der Waals surface area contributed by atoms with Gasteiger partial charge in [-0.2, -0.15) is 0 Å². The van der Waals surface area contributed by atoms with Gasteiger partial charge in [-0.3, -0.25) is 5.26 Å². The first-order chi connectivity index (χ1) is 5.66. The van der Waals surface area contributed by atoms with Gasteiger partial charge in [0.05, 0.1) is 6.10 Å². The Morgan fingerprint density at radius 1 is 1.17 bits per heavy atom. The van der Waals surface area contributed by atoms with Gasteiger partial charge in [0, 0.05) is 0 Å². The van der Waals surface area contributed by atoms with Crippen LogP contribution in [0.1, 0.15) is 19.4 Å². The van der Waals surface area contributed by atoms with E-state index in [1.807, 2.05) is 18.2 Å². The molecule has 0 unspecified atom stereocenters. The molecule has 0 amide bonds. The predicted octanol–water partition coefficient (Wildman–Crippen LogP) is 2.88. The Kier molecular flexibility index (Phi) is 6.34. The van der Waals surface area contributed by atoms with Gasteiger partial charge in [0.2, 0.25) is 0 Å².